The van der Waals surface area contributed by atoms with Crippen LogP contribution < -0.4 is 0 Å². The Morgan fingerprint density at radius 3 is 1.81 bits per heavy atom. The van der Waals surface area contributed by atoms with Gasteiger partial charge in [0.1, 0.15) is 11.6 Å². The smallest absolute Gasteiger partial charge is 0.149 e. The Labute approximate surface area is 366 Å². The zero-order chi connectivity index (χ0) is 43.6. The first kappa shape index (κ1) is 40.6. The fourth-order valence-corrected chi connectivity index (χ4v) is 8.68. The molecule has 1 N–H and O–H groups in total. The summed E-state index contributed by atoms with van der Waals surface area (Å²) in [7, 11) is 0. The van der Waals surface area contributed by atoms with Crippen molar-refractivity contribution in [1.29, 1.82) is 0 Å². The van der Waals surface area contributed by atoms with Gasteiger partial charge in [-0.3, -0.25) is 9.55 Å². The maximum Gasteiger partial charge on any atom is 0.149 e. The van der Waals surface area contributed by atoms with Gasteiger partial charge in [0.25, 0.3) is 0 Å². The summed E-state index contributed by atoms with van der Waals surface area (Å²) in [6.45, 7) is 19.9. The number of phenols is 1. The van der Waals surface area contributed by atoms with Crippen molar-refractivity contribution >= 4 is 21.8 Å². The lowest BCUT2D eigenvalue weighted by Gasteiger charge is -2.28. The van der Waals surface area contributed by atoms with Crippen LogP contribution in [0.25, 0.3) is 83.5 Å². The van der Waals surface area contributed by atoms with E-state index in [1.54, 1.807) is 0 Å². The molecule has 2 heterocycles. The molecule has 2 aromatic heterocycles. The van der Waals surface area contributed by atoms with Crippen molar-refractivity contribution in [2.24, 2.45) is 0 Å². The van der Waals surface area contributed by atoms with Gasteiger partial charge in [-0.25, -0.2) is 4.98 Å². The normalized spacial score (nSPS) is 12.3. The van der Waals surface area contributed by atoms with Gasteiger partial charge in [0.05, 0.1) is 28.0 Å². The van der Waals surface area contributed by atoms with Gasteiger partial charge in [0.15, 0.2) is 0 Å². The molecule has 4 nitrogen and oxygen atoms in total. The van der Waals surface area contributed by atoms with Crippen LogP contribution in [0.2, 0.25) is 0 Å². The van der Waals surface area contributed by atoms with Crippen LogP contribution in [-0.2, 0) is 16.2 Å². The van der Waals surface area contributed by atoms with E-state index in [0.717, 1.165) is 83.3 Å². The zero-order valence-corrected chi connectivity index (χ0v) is 37.4. The van der Waals surface area contributed by atoms with Crippen LogP contribution in [0.3, 0.4) is 0 Å². The minimum absolute atomic E-state index is 0.0324. The lowest BCUT2D eigenvalue weighted by Crippen LogP contribution is -2.17. The minimum atomic E-state index is -0.330. The SMILES string of the molecule is CC(C)(C)c1ccnc(-c2cc(-c3ccccc3)cc(-c3cccc4c3nc(-c3cc(C(C)(C)C)cc(C(C)(C)C)c3O)n4-c3c(-c4ccccc4)ccc4ccccc34)c2)c1. The maximum absolute atomic E-state index is 12.6. The molecule has 0 saturated heterocycles. The van der Waals surface area contributed by atoms with Crippen molar-refractivity contribution in [3.8, 4) is 67.5 Å². The predicted molar refractivity (Wildman–Crippen MR) is 261 cm³/mol. The summed E-state index contributed by atoms with van der Waals surface area (Å²) in [4.78, 5) is 10.7. The summed E-state index contributed by atoms with van der Waals surface area (Å²) >= 11 is 0. The number of aromatic nitrogens is 3. The quantitative estimate of drug-likeness (QED) is 0.182. The monoisotopic (exact) mass is 809 g/mol. The summed E-state index contributed by atoms with van der Waals surface area (Å²) in [5.74, 6) is 0.942. The van der Waals surface area contributed by atoms with Crippen molar-refractivity contribution in [2.75, 3.05) is 0 Å². The molecule has 0 unspecified atom stereocenters. The number of para-hydroxylation sites is 1. The van der Waals surface area contributed by atoms with Gasteiger partial charge in [0, 0.05) is 33.8 Å². The number of aromatic hydroxyl groups is 1. The number of rotatable bonds is 6. The molecule has 0 aliphatic heterocycles. The van der Waals surface area contributed by atoms with Crippen LogP contribution in [0.15, 0.2) is 164 Å². The van der Waals surface area contributed by atoms with Gasteiger partial charge in [-0.1, -0.05) is 178 Å². The molecule has 0 aliphatic rings. The van der Waals surface area contributed by atoms with Crippen molar-refractivity contribution in [3.63, 3.8) is 0 Å². The first-order valence-corrected chi connectivity index (χ1v) is 21.7. The summed E-state index contributed by atoms with van der Waals surface area (Å²) in [6, 6.07) is 56.2. The number of hydrogen-bond donors (Lipinski definition) is 1. The van der Waals surface area contributed by atoms with Crippen molar-refractivity contribution in [1.82, 2.24) is 14.5 Å². The summed E-state index contributed by atoms with van der Waals surface area (Å²) in [6.07, 6.45) is 1.93. The second kappa shape index (κ2) is 15.3. The van der Waals surface area contributed by atoms with Gasteiger partial charge in [-0.2, -0.15) is 0 Å². The molecule has 308 valence electrons. The van der Waals surface area contributed by atoms with Gasteiger partial charge >= 0.3 is 0 Å². The maximum atomic E-state index is 12.6. The molecule has 7 aromatic carbocycles. The second-order valence-corrected chi connectivity index (χ2v) is 19.8. The minimum Gasteiger partial charge on any atom is -0.507 e. The van der Waals surface area contributed by atoms with Crippen molar-refractivity contribution in [3.05, 3.63) is 181 Å². The number of nitrogens with zero attached hydrogens (tertiary/aromatic N) is 3. The van der Waals surface area contributed by atoms with Crippen LogP contribution in [0.1, 0.15) is 79.0 Å². The van der Waals surface area contributed by atoms with Crippen LogP contribution in [0, 0.1) is 0 Å². The van der Waals surface area contributed by atoms with E-state index >= 15 is 0 Å². The van der Waals surface area contributed by atoms with E-state index in [0.29, 0.717) is 11.4 Å². The molecule has 0 amide bonds. The zero-order valence-electron chi connectivity index (χ0n) is 37.4. The van der Waals surface area contributed by atoms with E-state index in [4.69, 9.17) is 9.97 Å². The highest BCUT2D eigenvalue weighted by molar-refractivity contribution is 6.03. The number of benzene rings is 7. The highest BCUT2D eigenvalue weighted by Gasteiger charge is 2.30. The third kappa shape index (κ3) is 7.49. The van der Waals surface area contributed by atoms with Crippen LogP contribution in [-0.4, -0.2) is 19.6 Å². The molecule has 62 heavy (non-hydrogen) atoms. The van der Waals surface area contributed by atoms with Gasteiger partial charge in [-0.15, -0.1) is 0 Å². The first-order valence-electron chi connectivity index (χ1n) is 21.7. The third-order valence-corrected chi connectivity index (χ3v) is 12.2. The molecule has 0 spiro atoms. The first-order chi connectivity index (χ1) is 29.6. The second-order valence-electron chi connectivity index (χ2n) is 19.8. The molecule has 0 atom stereocenters. The summed E-state index contributed by atoms with van der Waals surface area (Å²) in [5.41, 5.74) is 14.6. The van der Waals surface area contributed by atoms with Crippen LogP contribution in [0.4, 0.5) is 0 Å². The van der Waals surface area contributed by atoms with E-state index in [1.807, 2.05) is 6.20 Å². The summed E-state index contributed by atoms with van der Waals surface area (Å²) < 4.78 is 2.31. The fraction of sp³-hybridized carbons (Fsp3) is 0.207. The lowest BCUT2D eigenvalue weighted by atomic mass is 9.79. The lowest BCUT2D eigenvalue weighted by molar-refractivity contribution is 0.446. The van der Waals surface area contributed by atoms with E-state index < -0.39 is 0 Å². The Morgan fingerprint density at radius 2 is 1.11 bits per heavy atom. The Bertz CT molecular complexity index is 3120. The Morgan fingerprint density at radius 1 is 0.468 bits per heavy atom. The Kier molecular flexibility index (Phi) is 10.0. The molecule has 0 radical (unpaired) electrons. The predicted octanol–water partition coefficient (Wildman–Crippen LogP) is 15.5. The van der Waals surface area contributed by atoms with E-state index in [2.05, 4.69) is 225 Å². The fourth-order valence-electron chi connectivity index (χ4n) is 8.68. The van der Waals surface area contributed by atoms with Gasteiger partial charge < -0.3 is 5.11 Å². The Balaban J connectivity index is 1.42. The molecule has 0 aliphatic carbocycles. The molecular formula is C58H55N3O. The van der Waals surface area contributed by atoms with Crippen molar-refractivity contribution in [2.45, 2.75) is 78.6 Å². The highest BCUT2D eigenvalue weighted by Crippen LogP contribution is 2.47. The molecule has 0 bridgehead atoms. The van der Waals surface area contributed by atoms with E-state index in [1.165, 1.54) is 5.56 Å². The number of pyridine rings is 1. The molecule has 9 aromatic rings. The molecular weight excluding hydrogens is 755 g/mol. The van der Waals surface area contributed by atoms with E-state index in [-0.39, 0.29) is 22.0 Å². The molecule has 9 rings (SSSR count). The number of imidazole rings is 1. The molecule has 4 heteroatoms. The third-order valence-electron chi connectivity index (χ3n) is 12.2. The Hall–Kier alpha value is -6.78. The van der Waals surface area contributed by atoms with Crippen molar-refractivity contribution < 1.29 is 5.11 Å². The average Bonchev–Trinajstić information content (AvgIpc) is 3.64. The number of hydrogen-bond acceptors (Lipinski definition) is 3. The van der Waals surface area contributed by atoms with E-state index in [9.17, 15) is 5.11 Å². The van der Waals surface area contributed by atoms with Crippen LogP contribution in [0.5, 0.6) is 5.75 Å². The van der Waals surface area contributed by atoms with Crippen LogP contribution >= 0.6 is 0 Å². The topological polar surface area (TPSA) is 50.9 Å². The standard InChI is InChI=1S/C58H55N3O/c1-56(2,3)43-29-30-59-50(36-43)42-32-40(37-19-12-10-13-20-37)31-41(33-42)45-25-18-26-51-52(45)60-55(48-34-44(57(4,5)6)35-49(54(48)62)58(7,8)9)61(51)53-46-24-17-16-23-39(46)27-28-47(53)38-21-14-11-15-22-38/h10-36,62H,1-9H3. The molecule has 0 saturated carbocycles. The number of phenolic OH excluding ortho intramolecular Hbond substituents is 1. The largest absolute Gasteiger partial charge is 0.507 e. The van der Waals surface area contributed by atoms with Gasteiger partial charge in [0.2, 0.25) is 0 Å². The average molecular weight is 810 g/mol. The highest BCUT2D eigenvalue weighted by atomic mass is 16.3. The van der Waals surface area contributed by atoms with Gasteiger partial charge in [-0.05, 0) is 97.5 Å². The summed E-state index contributed by atoms with van der Waals surface area (Å²) in [5, 5.41) is 14.8. The number of fused-ring (bicyclic) bond motifs is 2. The molecule has 0 fully saturated rings.